The molecule has 0 saturated heterocycles. The van der Waals surface area contributed by atoms with E-state index in [2.05, 4.69) is 4.98 Å². The highest BCUT2D eigenvalue weighted by Gasteiger charge is 2.23. The first-order valence-corrected chi connectivity index (χ1v) is 6.29. The number of halogens is 4. The summed E-state index contributed by atoms with van der Waals surface area (Å²) in [6, 6.07) is 2.21. The van der Waals surface area contributed by atoms with Crippen LogP contribution in [0, 0.1) is 11.3 Å². The summed E-state index contributed by atoms with van der Waals surface area (Å²) in [7, 11) is 0.639. The first-order valence-electron chi connectivity index (χ1n) is 3.60. The minimum atomic E-state index is -4.29. The zero-order valence-electron chi connectivity index (χ0n) is 7.29. The summed E-state index contributed by atoms with van der Waals surface area (Å²) in [5, 5.41) is 7.16. The van der Waals surface area contributed by atoms with Gasteiger partial charge in [0.05, 0.1) is 10.6 Å². The summed E-state index contributed by atoms with van der Waals surface area (Å²) in [6.45, 7) is 0. The van der Waals surface area contributed by atoms with Gasteiger partial charge in [0.15, 0.2) is 5.03 Å². The maximum Gasteiger partial charge on any atom is 0.281 e. The molecule has 0 amide bonds. The van der Waals surface area contributed by atoms with Crippen LogP contribution in [0.2, 0.25) is 5.02 Å². The Balaban J connectivity index is 3.61. The van der Waals surface area contributed by atoms with Crippen LogP contribution in [0.5, 0.6) is 0 Å². The number of pyridine rings is 1. The SMILES string of the molecule is N#Cc1cc(S(=O)(=O)Cl)nc(C(F)F)c1Cl. The van der Waals surface area contributed by atoms with Gasteiger partial charge in [-0.1, -0.05) is 11.6 Å². The average molecular weight is 287 g/mol. The molecule has 0 aliphatic heterocycles. The number of aromatic nitrogens is 1. The standard InChI is InChI=1S/C7H2Cl2F2N2O2S/c8-5-3(2-12)1-4(16(9,14)15)13-6(5)7(10)11/h1,7H. The van der Waals surface area contributed by atoms with Crippen LogP contribution in [-0.2, 0) is 9.05 Å². The fourth-order valence-electron chi connectivity index (χ4n) is 0.876. The molecule has 0 aliphatic carbocycles. The van der Waals surface area contributed by atoms with Gasteiger partial charge in [0.2, 0.25) is 0 Å². The van der Waals surface area contributed by atoms with Crippen LogP contribution in [-0.4, -0.2) is 13.4 Å². The van der Waals surface area contributed by atoms with Gasteiger partial charge in [-0.3, -0.25) is 0 Å². The molecule has 1 rings (SSSR count). The normalized spacial score (nSPS) is 11.5. The molecule has 0 aromatic carbocycles. The van der Waals surface area contributed by atoms with Crippen molar-refractivity contribution in [2.24, 2.45) is 0 Å². The third kappa shape index (κ3) is 2.58. The van der Waals surface area contributed by atoms with E-state index >= 15 is 0 Å². The summed E-state index contributed by atoms with van der Waals surface area (Å²) >= 11 is 5.42. The Labute approximate surface area is 98.8 Å². The summed E-state index contributed by atoms with van der Waals surface area (Å²) in [5.74, 6) is 0. The van der Waals surface area contributed by atoms with Crippen molar-refractivity contribution < 1.29 is 17.2 Å². The van der Waals surface area contributed by atoms with Crippen LogP contribution in [0.15, 0.2) is 11.1 Å². The van der Waals surface area contributed by atoms with E-state index < -0.39 is 36.8 Å². The molecular formula is C7H2Cl2F2N2O2S. The number of alkyl halides is 2. The van der Waals surface area contributed by atoms with Gasteiger partial charge in [-0.15, -0.1) is 0 Å². The second-order valence-electron chi connectivity index (χ2n) is 2.56. The number of nitriles is 1. The lowest BCUT2D eigenvalue weighted by molar-refractivity contribution is 0.145. The first kappa shape index (κ1) is 13.1. The molecule has 1 aromatic rings. The molecule has 0 N–H and O–H groups in total. The van der Waals surface area contributed by atoms with E-state index in [9.17, 15) is 17.2 Å². The number of hydrogen-bond acceptors (Lipinski definition) is 4. The highest BCUT2D eigenvalue weighted by molar-refractivity contribution is 8.13. The van der Waals surface area contributed by atoms with Crippen LogP contribution in [0.1, 0.15) is 17.7 Å². The largest absolute Gasteiger partial charge is 0.281 e. The van der Waals surface area contributed by atoms with Gasteiger partial charge < -0.3 is 0 Å². The summed E-state index contributed by atoms with van der Waals surface area (Å²) in [4.78, 5) is 3.10. The molecule has 9 heteroatoms. The van der Waals surface area contributed by atoms with E-state index in [4.69, 9.17) is 27.5 Å². The Morgan fingerprint density at radius 2 is 2.06 bits per heavy atom. The zero-order valence-corrected chi connectivity index (χ0v) is 9.61. The number of hydrogen-bond donors (Lipinski definition) is 0. The van der Waals surface area contributed by atoms with E-state index in [0.717, 1.165) is 6.07 Å². The monoisotopic (exact) mass is 286 g/mol. The molecule has 0 fully saturated rings. The molecule has 0 unspecified atom stereocenters. The zero-order chi connectivity index (χ0) is 12.5. The Kier molecular flexibility index (Phi) is 3.68. The van der Waals surface area contributed by atoms with Gasteiger partial charge >= 0.3 is 0 Å². The van der Waals surface area contributed by atoms with Crippen molar-refractivity contribution in [3.63, 3.8) is 0 Å². The minimum Gasteiger partial charge on any atom is -0.232 e. The Morgan fingerprint density at radius 1 is 1.50 bits per heavy atom. The Hall–Kier alpha value is -0.970. The molecule has 4 nitrogen and oxygen atoms in total. The van der Waals surface area contributed by atoms with Gasteiger partial charge in [-0.05, 0) is 6.07 Å². The van der Waals surface area contributed by atoms with E-state index in [1.807, 2.05) is 0 Å². The number of rotatable bonds is 2. The molecule has 86 valence electrons. The molecule has 0 atom stereocenters. The van der Waals surface area contributed by atoms with Crippen molar-refractivity contribution in [3.8, 4) is 6.07 Å². The highest BCUT2D eigenvalue weighted by atomic mass is 35.7. The van der Waals surface area contributed by atoms with Crippen molar-refractivity contribution in [2.45, 2.75) is 11.5 Å². The Morgan fingerprint density at radius 3 is 2.44 bits per heavy atom. The molecule has 1 aromatic heterocycles. The topological polar surface area (TPSA) is 70.8 Å². The summed E-state index contributed by atoms with van der Waals surface area (Å²) < 4.78 is 46.6. The molecule has 0 spiro atoms. The summed E-state index contributed by atoms with van der Waals surface area (Å²) in [5.41, 5.74) is -1.41. The van der Waals surface area contributed by atoms with Crippen molar-refractivity contribution in [3.05, 3.63) is 22.3 Å². The smallest absolute Gasteiger partial charge is 0.232 e. The second kappa shape index (κ2) is 4.49. The van der Waals surface area contributed by atoms with E-state index in [1.54, 1.807) is 0 Å². The average Bonchev–Trinajstić information content (AvgIpc) is 2.15. The first-order chi connectivity index (χ1) is 7.27. The van der Waals surface area contributed by atoms with Gasteiger partial charge in [-0.2, -0.15) is 5.26 Å². The highest BCUT2D eigenvalue weighted by Crippen LogP contribution is 2.30. The van der Waals surface area contributed by atoms with E-state index in [0.29, 0.717) is 0 Å². The maximum absolute atomic E-state index is 12.4. The van der Waals surface area contributed by atoms with Crippen molar-refractivity contribution >= 4 is 31.3 Å². The van der Waals surface area contributed by atoms with Crippen LogP contribution in [0.25, 0.3) is 0 Å². The van der Waals surface area contributed by atoms with Gasteiger partial charge in [-0.25, -0.2) is 22.2 Å². The molecular weight excluding hydrogens is 285 g/mol. The maximum atomic E-state index is 12.4. The molecule has 16 heavy (non-hydrogen) atoms. The predicted molar refractivity (Wildman–Crippen MR) is 52.0 cm³/mol. The van der Waals surface area contributed by atoms with Gasteiger partial charge in [0.1, 0.15) is 11.8 Å². The Bertz CT molecular complexity index is 568. The molecule has 0 aliphatic rings. The number of nitrogens with zero attached hydrogens (tertiary/aromatic N) is 2. The van der Waals surface area contributed by atoms with Crippen LogP contribution < -0.4 is 0 Å². The fraction of sp³-hybridized carbons (Fsp3) is 0.143. The second-order valence-corrected chi connectivity index (χ2v) is 5.45. The third-order valence-corrected chi connectivity index (χ3v) is 3.12. The summed E-state index contributed by atoms with van der Waals surface area (Å²) in [6.07, 6.45) is -3.10. The third-order valence-electron chi connectivity index (χ3n) is 1.54. The molecule has 1 heterocycles. The lowest BCUT2D eigenvalue weighted by Gasteiger charge is -2.05. The van der Waals surface area contributed by atoms with Crippen LogP contribution >= 0.6 is 22.3 Å². The van der Waals surface area contributed by atoms with Crippen molar-refractivity contribution in [1.29, 1.82) is 5.26 Å². The molecule has 0 bridgehead atoms. The van der Waals surface area contributed by atoms with Crippen molar-refractivity contribution in [1.82, 2.24) is 4.98 Å². The lowest BCUT2D eigenvalue weighted by Crippen LogP contribution is -2.02. The predicted octanol–water partition coefficient (Wildman–Crippen LogP) is 2.47. The fourth-order valence-corrected chi connectivity index (χ4v) is 1.80. The van der Waals surface area contributed by atoms with Crippen LogP contribution in [0.3, 0.4) is 0 Å². The van der Waals surface area contributed by atoms with Crippen molar-refractivity contribution in [2.75, 3.05) is 0 Å². The lowest BCUT2D eigenvalue weighted by atomic mass is 10.2. The quantitative estimate of drug-likeness (QED) is 0.783. The van der Waals surface area contributed by atoms with E-state index in [1.165, 1.54) is 6.07 Å². The molecule has 0 saturated carbocycles. The minimum absolute atomic E-state index is 0.425. The van der Waals surface area contributed by atoms with Gasteiger partial charge in [0, 0.05) is 10.7 Å². The van der Waals surface area contributed by atoms with Gasteiger partial charge in [0.25, 0.3) is 15.5 Å². The van der Waals surface area contributed by atoms with E-state index in [-0.39, 0.29) is 0 Å². The molecule has 0 radical (unpaired) electrons. The van der Waals surface area contributed by atoms with Crippen LogP contribution in [0.4, 0.5) is 8.78 Å².